The van der Waals surface area contributed by atoms with E-state index in [-0.39, 0.29) is 11.7 Å². The van der Waals surface area contributed by atoms with Crippen LogP contribution in [0.5, 0.6) is 5.75 Å². The summed E-state index contributed by atoms with van der Waals surface area (Å²) in [5, 5.41) is 2.81. The van der Waals surface area contributed by atoms with Gasteiger partial charge in [0.05, 0.1) is 7.11 Å². The average Bonchev–Trinajstić information content (AvgIpc) is 3.08. The zero-order chi connectivity index (χ0) is 17.1. The standard InChI is InChI=1S/C20H19NO3/c1-13-4-5-15(12-14(13)2)18-10-11-19(24-18)20(22)21-16-6-8-17(23-3)9-7-16/h4-12H,1-3H3,(H,21,22). The van der Waals surface area contributed by atoms with Gasteiger partial charge in [0.25, 0.3) is 5.91 Å². The number of anilines is 1. The molecule has 0 aliphatic rings. The highest BCUT2D eigenvalue weighted by molar-refractivity contribution is 6.02. The van der Waals surface area contributed by atoms with E-state index in [1.807, 2.05) is 18.2 Å². The first kappa shape index (κ1) is 15.9. The third-order valence-electron chi connectivity index (χ3n) is 3.97. The van der Waals surface area contributed by atoms with Gasteiger partial charge in [-0.25, -0.2) is 0 Å². The minimum atomic E-state index is -0.282. The lowest BCUT2D eigenvalue weighted by Gasteiger charge is -2.05. The molecular weight excluding hydrogens is 302 g/mol. The van der Waals surface area contributed by atoms with Crippen LogP contribution in [0.15, 0.2) is 59.0 Å². The summed E-state index contributed by atoms with van der Waals surface area (Å²) in [5.74, 6) is 1.41. The quantitative estimate of drug-likeness (QED) is 0.749. The minimum Gasteiger partial charge on any atom is -0.497 e. The fourth-order valence-corrected chi connectivity index (χ4v) is 2.38. The number of hydrogen-bond acceptors (Lipinski definition) is 3. The number of amides is 1. The average molecular weight is 321 g/mol. The van der Waals surface area contributed by atoms with Crippen LogP contribution in [-0.4, -0.2) is 13.0 Å². The molecule has 0 saturated carbocycles. The van der Waals surface area contributed by atoms with E-state index < -0.39 is 0 Å². The Balaban J connectivity index is 1.76. The summed E-state index contributed by atoms with van der Waals surface area (Å²) < 4.78 is 10.8. The van der Waals surface area contributed by atoms with Crippen LogP contribution in [0.2, 0.25) is 0 Å². The van der Waals surface area contributed by atoms with Crippen LogP contribution < -0.4 is 10.1 Å². The maximum Gasteiger partial charge on any atom is 0.291 e. The zero-order valence-electron chi connectivity index (χ0n) is 13.9. The van der Waals surface area contributed by atoms with Crippen molar-refractivity contribution in [1.29, 1.82) is 0 Å². The Hall–Kier alpha value is -3.01. The van der Waals surface area contributed by atoms with Crippen molar-refractivity contribution in [2.24, 2.45) is 0 Å². The van der Waals surface area contributed by atoms with Crippen LogP contribution in [0.4, 0.5) is 5.69 Å². The molecule has 0 fully saturated rings. The third kappa shape index (κ3) is 3.33. The molecule has 0 aliphatic heterocycles. The second-order valence-corrected chi connectivity index (χ2v) is 5.65. The molecule has 4 heteroatoms. The largest absolute Gasteiger partial charge is 0.497 e. The van der Waals surface area contributed by atoms with Gasteiger partial charge in [-0.05, 0) is 67.4 Å². The number of nitrogens with one attached hydrogen (secondary N) is 1. The van der Waals surface area contributed by atoms with Crippen molar-refractivity contribution < 1.29 is 13.9 Å². The van der Waals surface area contributed by atoms with Crippen molar-refractivity contribution in [3.8, 4) is 17.1 Å². The van der Waals surface area contributed by atoms with Gasteiger partial charge in [0, 0.05) is 11.3 Å². The van der Waals surface area contributed by atoms with Gasteiger partial charge in [0.15, 0.2) is 5.76 Å². The number of furan rings is 1. The number of carbonyl (C=O) groups excluding carboxylic acids is 1. The predicted octanol–water partition coefficient (Wildman–Crippen LogP) is 4.82. The van der Waals surface area contributed by atoms with Crippen molar-refractivity contribution in [1.82, 2.24) is 0 Å². The lowest BCUT2D eigenvalue weighted by molar-refractivity contribution is 0.0997. The molecule has 1 aromatic heterocycles. The number of carbonyl (C=O) groups is 1. The van der Waals surface area contributed by atoms with Crippen LogP contribution in [0.25, 0.3) is 11.3 Å². The first-order chi connectivity index (χ1) is 11.6. The van der Waals surface area contributed by atoms with E-state index in [0.29, 0.717) is 11.4 Å². The van der Waals surface area contributed by atoms with E-state index in [2.05, 4.69) is 25.2 Å². The second kappa shape index (κ2) is 6.62. The van der Waals surface area contributed by atoms with E-state index in [1.165, 1.54) is 11.1 Å². The first-order valence-electron chi connectivity index (χ1n) is 7.69. The van der Waals surface area contributed by atoms with Crippen molar-refractivity contribution >= 4 is 11.6 Å². The molecule has 0 aliphatic carbocycles. The molecule has 3 aromatic rings. The van der Waals surface area contributed by atoms with E-state index in [0.717, 1.165) is 11.3 Å². The lowest BCUT2D eigenvalue weighted by Crippen LogP contribution is -2.10. The number of ether oxygens (including phenoxy) is 1. The summed E-state index contributed by atoms with van der Waals surface area (Å²) in [6, 6.07) is 16.7. The van der Waals surface area contributed by atoms with Gasteiger partial charge < -0.3 is 14.5 Å². The summed E-state index contributed by atoms with van der Waals surface area (Å²) in [6.45, 7) is 4.12. The Bertz CT molecular complexity index is 863. The number of methoxy groups -OCH3 is 1. The molecule has 1 amide bonds. The maximum atomic E-state index is 12.3. The topological polar surface area (TPSA) is 51.5 Å². The van der Waals surface area contributed by atoms with Crippen molar-refractivity contribution in [3.63, 3.8) is 0 Å². The number of benzene rings is 2. The van der Waals surface area contributed by atoms with Crippen LogP contribution in [0.1, 0.15) is 21.7 Å². The Kier molecular flexibility index (Phi) is 4.38. The number of aryl methyl sites for hydroxylation is 2. The fourth-order valence-electron chi connectivity index (χ4n) is 2.38. The van der Waals surface area contributed by atoms with Gasteiger partial charge >= 0.3 is 0 Å². The van der Waals surface area contributed by atoms with E-state index >= 15 is 0 Å². The summed E-state index contributed by atoms with van der Waals surface area (Å²) in [5.41, 5.74) is 4.06. The normalized spacial score (nSPS) is 10.5. The lowest BCUT2D eigenvalue weighted by atomic mass is 10.1. The molecule has 1 heterocycles. The SMILES string of the molecule is COc1ccc(NC(=O)c2ccc(-c3ccc(C)c(C)c3)o2)cc1. The van der Waals surface area contributed by atoms with Crippen LogP contribution in [0.3, 0.4) is 0 Å². The van der Waals surface area contributed by atoms with Gasteiger partial charge in [0.1, 0.15) is 11.5 Å². The molecule has 0 atom stereocenters. The molecule has 0 spiro atoms. The Labute approximate surface area is 141 Å². The van der Waals surface area contributed by atoms with Crippen LogP contribution in [-0.2, 0) is 0 Å². The molecule has 4 nitrogen and oxygen atoms in total. The Morgan fingerprint density at radius 2 is 1.71 bits per heavy atom. The number of rotatable bonds is 4. The highest BCUT2D eigenvalue weighted by atomic mass is 16.5. The van der Waals surface area contributed by atoms with Crippen molar-refractivity contribution in [2.75, 3.05) is 12.4 Å². The molecule has 24 heavy (non-hydrogen) atoms. The van der Waals surface area contributed by atoms with Crippen LogP contribution >= 0.6 is 0 Å². The summed E-state index contributed by atoms with van der Waals surface area (Å²) in [4.78, 5) is 12.3. The van der Waals surface area contributed by atoms with Gasteiger partial charge in [-0.2, -0.15) is 0 Å². The predicted molar refractivity (Wildman–Crippen MR) is 94.6 cm³/mol. The minimum absolute atomic E-state index is 0.277. The fraction of sp³-hybridized carbons (Fsp3) is 0.150. The maximum absolute atomic E-state index is 12.3. The third-order valence-corrected chi connectivity index (χ3v) is 3.97. The molecule has 0 radical (unpaired) electrons. The van der Waals surface area contributed by atoms with Gasteiger partial charge in [-0.15, -0.1) is 0 Å². The summed E-state index contributed by atoms with van der Waals surface area (Å²) in [6.07, 6.45) is 0. The smallest absolute Gasteiger partial charge is 0.291 e. The molecule has 3 rings (SSSR count). The molecular formula is C20H19NO3. The Morgan fingerprint density at radius 3 is 2.38 bits per heavy atom. The Morgan fingerprint density at radius 1 is 0.958 bits per heavy atom. The molecule has 0 unspecified atom stereocenters. The molecule has 1 N–H and O–H groups in total. The van der Waals surface area contributed by atoms with Gasteiger partial charge in [0.2, 0.25) is 0 Å². The first-order valence-corrected chi connectivity index (χ1v) is 7.69. The second-order valence-electron chi connectivity index (χ2n) is 5.65. The van der Waals surface area contributed by atoms with Crippen molar-refractivity contribution in [3.05, 3.63) is 71.5 Å². The highest BCUT2D eigenvalue weighted by Crippen LogP contribution is 2.25. The summed E-state index contributed by atoms with van der Waals surface area (Å²) in [7, 11) is 1.60. The molecule has 0 saturated heterocycles. The van der Waals surface area contributed by atoms with E-state index in [9.17, 15) is 4.79 Å². The highest BCUT2D eigenvalue weighted by Gasteiger charge is 2.13. The van der Waals surface area contributed by atoms with Gasteiger partial charge in [-0.3, -0.25) is 4.79 Å². The molecule has 2 aromatic carbocycles. The van der Waals surface area contributed by atoms with E-state index in [1.54, 1.807) is 37.4 Å². The number of hydrogen-bond donors (Lipinski definition) is 1. The molecule has 0 bridgehead atoms. The van der Waals surface area contributed by atoms with E-state index in [4.69, 9.17) is 9.15 Å². The van der Waals surface area contributed by atoms with Gasteiger partial charge in [-0.1, -0.05) is 12.1 Å². The summed E-state index contributed by atoms with van der Waals surface area (Å²) >= 11 is 0. The van der Waals surface area contributed by atoms with Crippen molar-refractivity contribution in [2.45, 2.75) is 13.8 Å². The molecule has 122 valence electrons. The monoisotopic (exact) mass is 321 g/mol. The van der Waals surface area contributed by atoms with Crippen LogP contribution in [0, 0.1) is 13.8 Å². The zero-order valence-corrected chi connectivity index (χ0v) is 13.9.